The van der Waals surface area contributed by atoms with E-state index >= 15 is 0 Å². The summed E-state index contributed by atoms with van der Waals surface area (Å²) in [5.74, 6) is -0.206. The smallest absolute Gasteiger partial charge is 0.748 e. The van der Waals surface area contributed by atoms with Crippen LogP contribution in [0.1, 0.15) is 116 Å². The van der Waals surface area contributed by atoms with Crippen LogP contribution in [0, 0.1) is 0 Å². The van der Waals surface area contributed by atoms with Gasteiger partial charge in [0.25, 0.3) is 0 Å². The van der Waals surface area contributed by atoms with Gasteiger partial charge in [0.15, 0.2) is 0 Å². The summed E-state index contributed by atoms with van der Waals surface area (Å²) in [5.41, 5.74) is 0. The standard InChI is InChI=1S/C20H42O4S.K/c1-2-3-14-17-20(21)18-15-12-10-8-6-4-5-7-9-11-13-16-19-25(22,23)24;/h20-21H,2-19H2,1H3,(H,22,23,24);/q;+1/p-1. The topological polar surface area (TPSA) is 77.4 Å². The molecule has 0 aromatic rings. The molecule has 0 aromatic heterocycles. The van der Waals surface area contributed by atoms with Crippen LogP contribution >= 0.6 is 0 Å². The maximum absolute atomic E-state index is 10.5. The molecule has 1 atom stereocenters. The van der Waals surface area contributed by atoms with Gasteiger partial charge in [-0.3, -0.25) is 0 Å². The summed E-state index contributed by atoms with van der Waals surface area (Å²) >= 11 is 0. The van der Waals surface area contributed by atoms with E-state index in [0.717, 1.165) is 44.9 Å². The summed E-state index contributed by atoms with van der Waals surface area (Å²) in [5, 5.41) is 9.85. The summed E-state index contributed by atoms with van der Waals surface area (Å²) in [6.07, 6.45) is 19.1. The Bertz CT molecular complexity index is 374. The minimum absolute atomic E-state index is 0. The molecular formula is C20H41KO4S. The molecule has 0 rings (SSSR count). The number of rotatable bonds is 19. The van der Waals surface area contributed by atoms with E-state index in [1.54, 1.807) is 0 Å². The number of aliphatic hydroxyl groups is 1. The van der Waals surface area contributed by atoms with Gasteiger partial charge in [-0.25, -0.2) is 8.42 Å². The molecule has 4 nitrogen and oxygen atoms in total. The Balaban J connectivity index is 0. The van der Waals surface area contributed by atoms with Crippen molar-refractivity contribution >= 4 is 10.1 Å². The van der Waals surface area contributed by atoms with E-state index in [2.05, 4.69) is 6.92 Å². The molecule has 0 amide bonds. The van der Waals surface area contributed by atoms with Crippen molar-refractivity contribution in [3.63, 3.8) is 0 Å². The average molecular weight is 417 g/mol. The van der Waals surface area contributed by atoms with Gasteiger partial charge in [0.2, 0.25) is 0 Å². The molecule has 0 saturated carbocycles. The third kappa shape index (κ3) is 25.5. The van der Waals surface area contributed by atoms with E-state index in [9.17, 15) is 18.1 Å². The third-order valence-corrected chi connectivity index (χ3v) is 5.61. The summed E-state index contributed by atoms with van der Waals surface area (Å²) in [6, 6.07) is 0. The molecule has 0 spiro atoms. The molecule has 0 bridgehead atoms. The van der Waals surface area contributed by atoms with Crippen LogP contribution in [0.15, 0.2) is 0 Å². The van der Waals surface area contributed by atoms with Gasteiger partial charge in [-0.2, -0.15) is 0 Å². The maximum atomic E-state index is 10.5. The third-order valence-electron chi connectivity index (χ3n) is 4.82. The van der Waals surface area contributed by atoms with Crippen molar-refractivity contribution in [2.45, 2.75) is 122 Å². The van der Waals surface area contributed by atoms with Crippen molar-refractivity contribution in [3.05, 3.63) is 0 Å². The second-order valence-corrected chi connectivity index (χ2v) is 8.97. The minimum atomic E-state index is -4.01. The molecule has 0 aromatic carbocycles. The second kappa shape index (κ2) is 21.2. The fourth-order valence-electron chi connectivity index (χ4n) is 3.20. The van der Waals surface area contributed by atoms with Crippen LogP contribution in [-0.4, -0.2) is 29.9 Å². The summed E-state index contributed by atoms with van der Waals surface area (Å²) in [6.45, 7) is 2.19. The summed E-state index contributed by atoms with van der Waals surface area (Å²) < 4.78 is 31.4. The Hall–Kier alpha value is 1.51. The van der Waals surface area contributed by atoms with Gasteiger partial charge in [-0.15, -0.1) is 0 Å². The normalized spacial score (nSPS) is 12.7. The predicted molar refractivity (Wildman–Crippen MR) is 105 cm³/mol. The molecule has 6 heteroatoms. The molecule has 0 fully saturated rings. The molecule has 152 valence electrons. The quantitative estimate of drug-likeness (QED) is 0.199. The molecule has 0 radical (unpaired) electrons. The van der Waals surface area contributed by atoms with E-state index in [1.165, 1.54) is 57.8 Å². The number of hydrogen-bond acceptors (Lipinski definition) is 4. The molecule has 0 saturated heterocycles. The van der Waals surface area contributed by atoms with Gasteiger partial charge in [0.05, 0.1) is 16.2 Å². The number of hydrogen-bond donors (Lipinski definition) is 1. The van der Waals surface area contributed by atoms with Crippen LogP contribution in [-0.2, 0) is 10.1 Å². The van der Waals surface area contributed by atoms with E-state index in [4.69, 9.17) is 0 Å². The van der Waals surface area contributed by atoms with Gasteiger partial charge in [-0.1, -0.05) is 96.8 Å². The first-order chi connectivity index (χ1) is 12.0. The first kappa shape index (κ1) is 29.7. The van der Waals surface area contributed by atoms with Crippen molar-refractivity contribution < 1.29 is 69.5 Å². The van der Waals surface area contributed by atoms with Crippen LogP contribution in [0.2, 0.25) is 0 Å². The molecular weight excluding hydrogens is 375 g/mol. The monoisotopic (exact) mass is 416 g/mol. The van der Waals surface area contributed by atoms with Crippen molar-refractivity contribution in [2.75, 3.05) is 5.75 Å². The molecule has 26 heavy (non-hydrogen) atoms. The van der Waals surface area contributed by atoms with Crippen molar-refractivity contribution in [3.8, 4) is 0 Å². The van der Waals surface area contributed by atoms with E-state index < -0.39 is 10.1 Å². The molecule has 0 aliphatic heterocycles. The largest absolute Gasteiger partial charge is 1.00 e. The average Bonchev–Trinajstić information content (AvgIpc) is 2.54. The van der Waals surface area contributed by atoms with Crippen LogP contribution < -0.4 is 51.4 Å². The fourth-order valence-corrected chi connectivity index (χ4v) is 3.76. The van der Waals surface area contributed by atoms with E-state index in [0.29, 0.717) is 6.42 Å². The second-order valence-electron chi connectivity index (χ2n) is 7.44. The molecule has 0 aliphatic carbocycles. The van der Waals surface area contributed by atoms with Gasteiger partial charge < -0.3 is 9.66 Å². The van der Waals surface area contributed by atoms with E-state index in [-0.39, 0.29) is 63.2 Å². The molecule has 0 aliphatic rings. The Morgan fingerprint density at radius 3 is 1.42 bits per heavy atom. The van der Waals surface area contributed by atoms with Crippen molar-refractivity contribution in [1.82, 2.24) is 0 Å². The zero-order valence-corrected chi connectivity index (χ0v) is 21.3. The van der Waals surface area contributed by atoms with Crippen molar-refractivity contribution in [2.24, 2.45) is 0 Å². The van der Waals surface area contributed by atoms with Gasteiger partial charge in [0, 0.05) is 5.75 Å². The zero-order chi connectivity index (χ0) is 18.8. The van der Waals surface area contributed by atoms with Crippen LogP contribution in [0.3, 0.4) is 0 Å². The Morgan fingerprint density at radius 1 is 0.692 bits per heavy atom. The minimum Gasteiger partial charge on any atom is -0.748 e. The molecule has 1 unspecified atom stereocenters. The molecule has 1 N–H and O–H groups in total. The first-order valence-corrected chi connectivity index (χ1v) is 12.1. The molecule has 0 heterocycles. The zero-order valence-electron chi connectivity index (χ0n) is 17.4. The summed E-state index contributed by atoms with van der Waals surface area (Å²) in [4.78, 5) is 0. The fraction of sp³-hybridized carbons (Fsp3) is 1.00. The maximum Gasteiger partial charge on any atom is 1.00 e. The Kier molecular flexibility index (Phi) is 24.2. The van der Waals surface area contributed by atoms with Crippen LogP contribution in [0.25, 0.3) is 0 Å². The van der Waals surface area contributed by atoms with Crippen LogP contribution in [0.4, 0.5) is 0 Å². The summed E-state index contributed by atoms with van der Waals surface area (Å²) in [7, 11) is -4.01. The van der Waals surface area contributed by atoms with E-state index in [1.807, 2.05) is 0 Å². The van der Waals surface area contributed by atoms with Gasteiger partial charge in [0.1, 0.15) is 0 Å². The number of aliphatic hydroxyl groups excluding tert-OH is 1. The Morgan fingerprint density at radius 2 is 1.04 bits per heavy atom. The van der Waals surface area contributed by atoms with Gasteiger partial charge >= 0.3 is 51.4 Å². The number of unbranched alkanes of at least 4 members (excludes halogenated alkanes) is 13. The predicted octanol–water partition coefficient (Wildman–Crippen LogP) is 2.55. The van der Waals surface area contributed by atoms with Crippen molar-refractivity contribution in [1.29, 1.82) is 0 Å². The van der Waals surface area contributed by atoms with Gasteiger partial charge in [-0.05, 0) is 19.3 Å². The van der Waals surface area contributed by atoms with Crippen LogP contribution in [0.5, 0.6) is 0 Å². The Labute approximate surface area is 205 Å². The first-order valence-electron chi connectivity index (χ1n) is 10.6. The SMILES string of the molecule is CCCCCC(O)CCCCCCCCCCCCCCS(=O)(=O)[O-].[K+].